The van der Waals surface area contributed by atoms with Gasteiger partial charge in [-0.2, -0.15) is 0 Å². The van der Waals surface area contributed by atoms with Crippen molar-refractivity contribution < 1.29 is 4.39 Å². The van der Waals surface area contributed by atoms with Gasteiger partial charge < -0.3 is 5.32 Å². The Hall–Kier alpha value is -2.23. The minimum absolute atomic E-state index is 0.269. The van der Waals surface area contributed by atoms with Crippen LogP contribution in [0.3, 0.4) is 0 Å². The maximum absolute atomic E-state index is 13.0. The van der Waals surface area contributed by atoms with Crippen LogP contribution in [0.5, 0.6) is 0 Å². The van der Waals surface area contributed by atoms with E-state index in [-0.39, 0.29) is 5.82 Å². The van der Waals surface area contributed by atoms with Crippen LogP contribution in [-0.4, -0.2) is 10.8 Å². The largest absolute Gasteiger partial charge is 0.339 e. The highest BCUT2D eigenvalue weighted by molar-refractivity contribution is 6.09. The number of amidine groups is 1. The lowest BCUT2D eigenvalue weighted by Gasteiger charge is -2.06. The average Bonchev–Trinajstić information content (AvgIpc) is 2.73. The van der Waals surface area contributed by atoms with Crippen LogP contribution in [0.4, 0.5) is 10.1 Å². The first kappa shape index (κ1) is 9.96. The highest BCUT2D eigenvalue weighted by Crippen LogP contribution is 2.18. The highest BCUT2D eigenvalue weighted by atomic mass is 19.1. The van der Waals surface area contributed by atoms with Crippen molar-refractivity contribution in [3.63, 3.8) is 0 Å². The van der Waals surface area contributed by atoms with E-state index in [9.17, 15) is 4.39 Å². The number of nitrogens with zero attached hydrogens (tertiary/aromatic N) is 2. The lowest BCUT2D eigenvalue weighted by atomic mass is 10.2. The Labute approximate surface area is 98.0 Å². The standard InChI is InChI=1S/C13H10FN3/c14-10-4-1-5-11(7-10)17-13-12-9(8-16-13)3-2-6-15-12/h1-7H,8H2,(H,16,17). The summed E-state index contributed by atoms with van der Waals surface area (Å²) >= 11 is 0. The Morgan fingerprint density at radius 2 is 2.12 bits per heavy atom. The van der Waals surface area contributed by atoms with Crippen molar-refractivity contribution in [1.29, 1.82) is 0 Å². The molecule has 3 rings (SSSR count). The minimum atomic E-state index is -0.269. The third kappa shape index (κ3) is 1.89. The molecule has 1 N–H and O–H groups in total. The van der Waals surface area contributed by atoms with E-state index >= 15 is 0 Å². The molecule has 1 aromatic heterocycles. The molecule has 84 valence electrons. The topological polar surface area (TPSA) is 37.3 Å². The molecule has 0 unspecified atom stereocenters. The van der Waals surface area contributed by atoms with Gasteiger partial charge >= 0.3 is 0 Å². The van der Waals surface area contributed by atoms with E-state index in [1.54, 1.807) is 18.3 Å². The Kier molecular flexibility index (Phi) is 2.33. The van der Waals surface area contributed by atoms with Crippen LogP contribution in [0, 0.1) is 5.82 Å². The zero-order valence-electron chi connectivity index (χ0n) is 9.02. The fourth-order valence-electron chi connectivity index (χ4n) is 1.82. The van der Waals surface area contributed by atoms with Crippen LogP contribution in [-0.2, 0) is 6.54 Å². The van der Waals surface area contributed by atoms with Crippen LogP contribution >= 0.6 is 0 Å². The average molecular weight is 227 g/mol. The van der Waals surface area contributed by atoms with Gasteiger partial charge in [0.15, 0.2) is 5.84 Å². The molecular formula is C13H10FN3. The van der Waals surface area contributed by atoms with Crippen molar-refractivity contribution in [3.8, 4) is 0 Å². The fraction of sp³-hybridized carbons (Fsp3) is 0.0769. The number of fused-ring (bicyclic) bond motifs is 1. The Morgan fingerprint density at radius 1 is 1.18 bits per heavy atom. The monoisotopic (exact) mass is 227 g/mol. The summed E-state index contributed by atoms with van der Waals surface area (Å²) in [7, 11) is 0. The van der Waals surface area contributed by atoms with Gasteiger partial charge in [0.2, 0.25) is 0 Å². The first-order valence-corrected chi connectivity index (χ1v) is 5.34. The van der Waals surface area contributed by atoms with E-state index in [0.29, 0.717) is 18.1 Å². The fourth-order valence-corrected chi connectivity index (χ4v) is 1.82. The molecule has 0 saturated carbocycles. The smallest absolute Gasteiger partial charge is 0.152 e. The van der Waals surface area contributed by atoms with E-state index in [2.05, 4.69) is 15.3 Å². The summed E-state index contributed by atoms with van der Waals surface area (Å²) in [5, 5.41) is 3.09. The summed E-state index contributed by atoms with van der Waals surface area (Å²) in [6, 6.07) is 10.2. The van der Waals surface area contributed by atoms with Crippen molar-refractivity contribution >= 4 is 11.5 Å². The molecule has 1 aliphatic heterocycles. The minimum Gasteiger partial charge on any atom is -0.339 e. The number of benzene rings is 1. The molecule has 2 aromatic rings. The highest BCUT2D eigenvalue weighted by Gasteiger charge is 2.16. The van der Waals surface area contributed by atoms with Crippen molar-refractivity contribution in [1.82, 2.24) is 4.98 Å². The molecule has 1 aromatic carbocycles. The molecule has 1 aliphatic rings. The lowest BCUT2D eigenvalue weighted by molar-refractivity contribution is 0.628. The van der Waals surface area contributed by atoms with E-state index in [1.165, 1.54) is 12.1 Å². The molecule has 0 amide bonds. The molecule has 2 heterocycles. The van der Waals surface area contributed by atoms with Gasteiger partial charge in [0.1, 0.15) is 11.5 Å². The summed E-state index contributed by atoms with van der Waals surface area (Å²) in [4.78, 5) is 8.62. The molecule has 0 aliphatic carbocycles. The Balaban J connectivity index is 1.89. The van der Waals surface area contributed by atoms with E-state index < -0.39 is 0 Å². The first-order chi connectivity index (χ1) is 8.33. The van der Waals surface area contributed by atoms with E-state index in [4.69, 9.17) is 0 Å². The third-order valence-corrected chi connectivity index (χ3v) is 2.61. The Morgan fingerprint density at radius 3 is 3.00 bits per heavy atom. The summed E-state index contributed by atoms with van der Waals surface area (Å²) in [5.41, 5.74) is 2.62. The van der Waals surface area contributed by atoms with Crippen molar-refractivity contribution in [3.05, 3.63) is 59.7 Å². The lowest BCUT2D eigenvalue weighted by Crippen LogP contribution is -2.13. The molecule has 0 saturated heterocycles. The number of rotatable bonds is 1. The Bertz CT molecular complexity index is 593. The molecule has 0 fully saturated rings. The SMILES string of the molecule is Fc1cccc(NC2=NCc3cccnc32)c1. The van der Waals surface area contributed by atoms with Gasteiger partial charge in [-0.15, -0.1) is 0 Å². The number of nitrogens with one attached hydrogen (secondary N) is 1. The maximum Gasteiger partial charge on any atom is 0.152 e. The molecule has 3 nitrogen and oxygen atoms in total. The van der Waals surface area contributed by atoms with Crippen molar-refractivity contribution in [2.75, 3.05) is 5.32 Å². The van der Waals surface area contributed by atoms with Crippen molar-refractivity contribution in [2.45, 2.75) is 6.54 Å². The van der Waals surface area contributed by atoms with Crippen LogP contribution in [0.1, 0.15) is 11.3 Å². The summed E-state index contributed by atoms with van der Waals surface area (Å²) < 4.78 is 13.0. The van der Waals surface area contributed by atoms with E-state index in [1.807, 2.05) is 12.1 Å². The molecule has 17 heavy (non-hydrogen) atoms. The molecular weight excluding hydrogens is 217 g/mol. The van der Waals surface area contributed by atoms with Gasteiger partial charge in [-0.25, -0.2) is 4.39 Å². The molecule has 4 heteroatoms. The third-order valence-electron chi connectivity index (χ3n) is 2.61. The van der Waals surface area contributed by atoms with Crippen LogP contribution in [0.25, 0.3) is 0 Å². The van der Waals surface area contributed by atoms with Gasteiger partial charge in [0.25, 0.3) is 0 Å². The molecule has 0 radical (unpaired) electrons. The first-order valence-electron chi connectivity index (χ1n) is 5.34. The summed E-state index contributed by atoms with van der Waals surface area (Å²) in [6.45, 7) is 0.626. The van der Waals surface area contributed by atoms with Crippen LogP contribution in [0.15, 0.2) is 47.6 Å². The number of aromatic nitrogens is 1. The second kappa shape index (κ2) is 3.97. The van der Waals surface area contributed by atoms with Gasteiger partial charge in [-0.3, -0.25) is 9.98 Å². The second-order valence-electron chi connectivity index (χ2n) is 3.81. The predicted molar refractivity (Wildman–Crippen MR) is 64.5 cm³/mol. The normalized spacial score (nSPS) is 13.1. The number of pyridine rings is 1. The second-order valence-corrected chi connectivity index (χ2v) is 3.81. The van der Waals surface area contributed by atoms with Gasteiger partial charge in [0.05, 0.1) is 6.54 Å². The summed E-state index contributed by atoms with van der Waals surface area (Å²) in [6.07, 6.45) is 1.73. The van der Waals surface area contributed by atoms with Gasteiger partial charge in [-0.1, -0.05) is 12.1 Å². The molecule has 0 bridgehead atoms. The molecule has 0 atom stereocenters. The number of hydrogen-bond donors (Lipinski definition) is 1. The van der Waals surface area contributed by atoms with Gasteiger partial charge in [-0.05, 0) is 24.3 Å². The number of halogens is 1. The van der Waals surface area contributed by atoms with E-state index in [0.717, 1.165) is 11.3 Å². The molecule has 0 spiro atoms. The van der Waals surface area contributed by atoms with Gasteiger partial charge in [0, 0.05) is 17.4 Å². The van der Waals surface area contributed by atoms with Crippen LogP contribution in [0.2, 0.25) is 0 Å². The number of anilines is 1. The number of hydrogen-bond acceptors (Lipinski definition) is 3. The summed E-state index contributed by atoms with van der Waals surface area (Å²) in [5.74, 6) is 0.432. The number of aliphatic imine (C=N–C) groups is 1. The van der Waals surface area contributed by atoms with Crippen LogP contribution < -0.4 is 5.32 Å². The predicted octanol–water partition coefficient (Wildman–Crippen LogP) is 2.59. The maximum atomic E-state index is 13.0. The quantitative estimate of drug-likeness (QED) is 0.813. The zero-order chi connectivity index (χ0) is 11.7. The zero-order valence-corrected chi connectivity index (χ0v) is 9.02. The van der Waals surface area contributed by atoms with Crippen molar-refractivity contribution in [2.24, 2.45) is 4.99 Å².